The van der Waals surface area contributed by atoms with E-state index in [0.717, 1.165) is 35.5 Å². The lowest BCUT2D eigenvalue weighted by Crippen LogP contribution is -2.45. The summed E-state index contributed by atoms with van der Waals surface area (Å²) in [7, 11) is 1.77. The number of H-pyrrole nitrogens is 1. The Hall–Kier alpha value is -2.66. The van der Waals surface area contributed by atoms with Crippen LogP contribution in [0.3, 0.4) is 0 Å². The van der Waals surface area contributed by atoms with Crippen LogP contribution >= 0.6 is 0 Å². The third-order valence-corrected chi connectivity index (χ3v) is 8.24. The number of aromatic amines is 1. The lowest BCUT2D eigenvalue weighted by molar-refractivity contribution is -0.0341. The van der Waals surface area contributed by atoms with Crippen LogP contribution in [0.25, 0.3) is 27.5 Å². The minimum absolute atomic E-state index is 0.207. The summed E-state index contributed by atoms with van der Waals surface area (Å²) in [6.45, 7) is 5.42. The number of ether oxygens (including phenoxy) is 1. The topological polar surface area (TPSA) is 42.8 Å². The van der Waals surface area contributed by atoms with Gasteiger partial charge in [0.05, 0.1) is 17.2 Å². The lowest BCUT2D eigenvalue weighted by atomic mass is 9.47. The van der Waals surface area contributed by atoms with Crippen molar-refractivity contribution in [1.82, 2.24) is 14.8 Å². The molecule has 5 heteroatoms. The largest absolute Gasteiger partial charge is 0.385 e. The average Bonchev–Trinajstić information content (AvgIpc) is 3.34. The maximum atomic E-state index is 13.8. The van der Waals surface area contributed by atoms with E-state index in [0.29, 0.717) is 17.3 Å². The fraction of sp³-hybridized carbons (Fsp3) is 0.464. The maximum absolute atomic E-state index is 13.8. The molecule has 1 unspecified atom stereocenters. The van der Waals surface area contributed by atoms with E-state index in [-0.39, 0.29) is 5.82 Å². The van der Waals surface area contributed by atoms with E-state index < -0.39 is 0 Å². The normalized spacial score (nSPS) is 25.5. The molecule has 2 aromatic carbocycles. The van der Waals surface area contributed by atoms with E-state index in [9.17, 15) is 4.39 Å². The van der Waals surface area contributed by atoms with Crippen LogP contribution in [0.5, 0.6) is 0 Å². The van der Waals surface area contributed by atoms with E-state index in [1.807, 2.05) is 18.3 Å². The van der Waals surface area contributed by atoms with Crippen molar-refractivity contribution in [2.75, 3.05) is 13.7 Å². The number of nitrogens with zero attached hydrogens (tertiary/aromatic N) is 2. The molecule has 0 radical (unpaired) electrons. The molecule has 2 heterocycles. The number of halogens is 1. The molecule has 2 aliphatic carbocycles. The Labute approximate surface area is 194 Å². The van der Waals surface area contributed by atoms with Crippen molar-refractivity contribution in [2.45, 2.75) is 57.8 Å². The first kappa shape index (κ1) is 20.9. The van der Waals surface area contributed by atoms with Crippen molar-refractivity contribution < 1.29 is 9.13 Å². The van der Waals surface area contributed by atoms with E-state index in [1.165, 1.54) is 47.8 Å². The molecule has 4 aromatic rings. The number of nitrogens with one attached hydrogen (secondary N) is 1. The molecule has 0 amide bonds. The van der Waals surface area contributed by atoms with Crippen LogP contribution in [0.1, 0.15) is 69.0 Å². The molecule has 172 valence electrons. The molecule has 1 atom stereocenters. The fourth-order valence-electron chi connectivity index (χ4n) is 6.92. The molecule has 0 aliphatic heterocycles. The Morgan fingerprint density at radius 1 is 1.18 bits per heavy atom. The molecule has 1 N–H and O–H groups in total. The summed E-state index contributed by atoms with van der Waals surface area (Å²) in [6.07, 6.45) is 8.16. The maximum Gasteiger partial charge on any atom is 0.123 e. The van der Waals surface area contributed by atoms with Crippen LogP contribution in [0, 0.1) is 17.2 Å². The standard InChI is InChI=1S/C28H32FN3O/c1-17-12-28(13-17)14-20(15-28)26-23-11-24-19(16-30-31-24)10-25(23)32(22-6-4-21(29)5-7-22)27(26)18(2)8-9-33-3/h4-7,10-11,16-18,20H,8-9,12-15H2,1-3H3,(H,30,31). The Balaban J connectivity index is 1.57. The molecule has 6 rings (SSSR count). The van der Waals surface area contributed by atoms with Gasteiger partial charge in [-0.3, -0.25) is 5.10 Å². The van der Waals surface area contributed by atoms with Gasteiger partial charge in [-0.1, -0.05) is 13.8 Å². The van der Waals surface area contributed by atoms with E-state index >= 15 is 0 Å². The van der Waals surface area contributed by atoms with Gasteiger partial charge in [-0.25, -0.2) is 4.39 Å². The van der Waals surface area contributed by atoms with Crippen LogP contribution in [-0.4, -0.2) is 28.5 Å². The zero-order chi connectivity index (χ0) is 22.7. The van der Waals surface area contributed by atoms with Crippen molar-refractivity contribution in [2.24, 2.45) is 11.3 Å². The fourth-order valence-corrected chi connectivity index (χ4v) is 6.92. The predicted molar refractivity (Wildman–Crippen MR) is 131 cm³/mol. The van der Waals surface area contributed by atoms with Crippen molar-refractivity contribution in [3.05, 3.63) is 59.7 Å². The van der Waals surface area contributed by atoms with Crippen LogP contribution in [0.4, 0.5) is 4.39 Å². The minimum Gasteiger partial charge on any atom is -0.385 e. The molecular formula is C28H32FN3O. The second-order valence-electron chi connectivity index (χ2n) is 10.7. The van der Waals surface area contributed by atoms with E-state index in [4.69, 9.17) is 4.74 Å². The Morgan fingerprint density at radius 3 is 2.64 bits per heavy atom. The highest BCUT2D eigenvalue weighted by atomic mass is 19.1. The molecule has 1 spiro atoms. The summed E-state index contributed by atoms with van der Waals surface area (Å²) < 4.78 is 21.7. The van der Waals surface area contributed by atoms with E-state index in [2.05, 4.69) is 40.7 Å². The highest BCUT2D eigenvalue weighted by Gasteiger charge is 2.52. The number of hydrogen-bond donors (Lipinski definition) is 1. The van der Waals surface area contributed by atoms with Crippen molar-refractivity contribution >= 4 is 21.8 Å². The number of fused-ring (bicyclic) bond motifs is 2. The third-order valence-electron chi connectivity index (χ3n) is 8.24. The van der Waals surface area contributed by atoms with Crippen molar-refractivity contribution in [3.63, 3.8) is 0 Å². The highest BCUT2D eigenvalue weighted by Crippen LogP contribution is 2.65. The van der Waals surface area contributed by atoms with Crippen LogP contribution < -0.4 is 0 Å². The average molecular weight is 446 g/mol. The smallest absolute Gasteiger partial charge is 0.123 e. The van der Waals surface area contributed by atoms with Crippen LogP contribution in [-0.2, 0) is 4.74 Å². The minimum atomic E-state index is -0.207. The van der Waals surface area contributed by atoms with Gasteiger partial charge >= 0.3 is 0 Å². The first-order chi connectivity index (χ1) is 16.0. The van der Waals surface area contributed by atoms with Crippen molar-refractivity contribution in [1.29, 1.82) is 0 Å². The second-order valence-corrected chi connectivity index (χ2v) is 10.7. The van der Waals surface area contributed by atoms with Crippen molar-refractivity contribution in [3.8, 4) is 5.69 Å². The summed E-state index contributed by atoms with van der Waals surface area (Å²) in [5.41, 5.74) is 6.69. The molecule has 2 saturated carbocycles. The van der Waals surface area contributed by atoms with Gasteiger partial charge in [0.25, 0.3) is 0 Å². The van der Waals surface area contributed by atoms with Gasteiger partial charge in [0.15, 0.2) is 0 Å². The first-order valence-corrected chi connectivity index (χ1v) is 12.2. The van der Waals surface area contributed by atoms with Gasteiger partial charge in [-0.2, -0.15) is 5.10 Å². The van der Waals surface area contributed by atoms with Gasteiger partial charge in [0.2, 0.25) is 0 Å². The molecule has 2 fully saturated rings. The van der Waals surface area contributed by atoms with Crippen LogP contribution in [0.15, 0.2) is 42.6 Å². The first-order valence-electron chi connectivity index (χ1n) is 12.2. The van der Waals surface area contributed by atoms with Gasteiger partial charge < -0.3 is 9.30 Å². The quantitative estimate of drug-likeness (QED) is 0.345. The Bertz CT molecular complexity index is 1300. The number of hydrogen-bond acceptors (Lipinski definition) is 2. The molecule has 0 bridgehead atoms. The van der Waals surface area contributed by atoms with Crippen LogP contribution in [0.2, 0.25) is 0 Å². The zero-order valence-electron chi connectivity index (χ0n) is 19.7. The van der Waals surface area contributed by atoms with Gasteiger partial charge in [0, 0.05) is 35.9 Å². The van der Waals surface area contributed by atoms with E-state index in [1.54, 1.807) is 19.2 Å². The predicted octanol–water partition coefficient (Wildman–Crippen LogP) is 7.08. The highest BCUT2D eigenvalue weighted by molar-refractivity contribution is 5.99. The molecule has 2 aliphatic rings. The number of rotatable bonds is 6. The zero-order valence-corrected chi connectivity index (χ0v) is 19.7. The molecule has 2 aromatic heterocycles. The Morgan fingerprint density at radius 2 is 1.94 bits per heavy atom. The number of benzene rings is 2. The second kappa shape index (κ2) is 7.69. The molecule has 33 heavy (non-hydrogen) atoms. The Kier molecular flexibility index (Phi) is 4.88. The lowest BCUT2D eigenvalue weighted by Gasteiger charge is -2.57. The molecule has 4 nitrogen and oxygen atoms in total. The molecule has 0 saturated heterocycles. The summed E-state index contributed by atoms with van der Waals surface area (Å²) in [4.78, 5) is 0. The number of aromatic nitrogens is 3. The van der Waals surface area contributed by atoms with Gasteiger partial charge in [-0.15, -0.1) is 0 Å². The SMILES string of the molecule is COCCC(C)c1c(C2CC3(CC(C)C3)C2)c2cc3[nH]ncc3cc2n1-c1ccc(F)cc1. The summed E-state index contributed by atoms with van der Waals surface area (Å²) >= 11 is 0. The summed E-state index contributed by atoms with van der Waals surface area (Å²) in [5, 5.41) is 9.86. The summed E-state index contributed by atoms with van der Waals surface area (Å²) in [6, 6.07) is 11.5. The number of methoxy groups -OCH3 is 1. The molecular weight excluding hydrogens is 413 g/mol. The van der Waals surface area contributed by atoms with Gasteiger partial charge in [0.1, 0.15) is 5.82 Å². The van der Waals surface area contributed by atoms with Gasteiger partial charge in [-0.05, 0) is 97.2 Å². The monoisotopic (exact) mass is 445 g/mol. The third kappa shape index (κ3) is 3.31. The summed E-state index contributed by atoms with van der Waals surface area (Å²) in [5.74, 6) is 1.56.